The summed E-state index contributed by atoms with van der Waals surface area (Å²) in [5.41, 5.74) is 5.69. The lowest BCUT2D eigenvalue weighted by atomic mass is 10.0. The zero-order chi connectivity index (χ0) is 11.4. The predicted octanol–water partition coefficient (Wildman–Crippen LogP) is 1.08. The summed E-state index contributed by atoms with van der Waals surface area (Å²) in [5, 5.41) is 2.85. The summed E-state index contributed by atoms with van der Waals surface area (Å²) in [5.74, 6) is -0.0739. The Hall–Kier alpha value is -0.940. The molecule has 5 heteroatoms. The van der Waals surface area contributed by atoms with Crippen molar-refractivity contribution in [1.29, 1.82) is 0 Å². The molecule has 84 valence electrons. The molecule has 1 rings (SSSR count). The highest BCUT2D eigenvalue weighted by atomic mass is 32.1. The zero-order valence-corrected chi connectivity index (χ0v) is 10.1. The first-order chi connectivity index (χ1) is 7.02. The number of carbonyl (C=O) groups is 1. The summed E-state index contributed by atoms with van der Waals surface area (Å²) in [7, 11) is 1.78. The van der Waals surface area contributed by atoms with E-state index < -0.39 is 0 Å². The van der Waals surface area contributed by atoms with Gasteiger partial charge in [0.1, 0.15) is 5.01 Å². The van der Waals surface area contributed by atoms with Crippen LogP contribution >= 0.6 is 11.3 Å². The van der Waals surface area contributed by atoms with Gasteiger partial charge in [-0.1, -0.05) is 6.92 Å². The Morgan fingerprint density at radius 3 is 2.80 bits per heavy atom. The minimum absolute atomic E-state index is 0.0696. The summed E-state index contributed by atoms with van der Waals surface area (Å²) >= 11 is 1.55. The smallest absolute Gasteiger partial charge is 0.227 e. The van der Waals surface area contributed by atoms with Gasteiger partial charge in [-0.15, -0.1) is 11.3 Å². The molecule has 0 spiro atoms. The maximum atomic E-state index is 11.8. The van der Waals surface area contributed by atoms with Crippen molar-refractivity contribution in [2.75, 3.05) is 7.05 Å². The molecule has 0 aliphatic heterocycles. The Kier molecular flexibility index (Phi) is 4.23. The average molecular weight is 227 g/mol. The van der Waals surface area contributed by atoms with Crippen LogP contribution in [0.1, 0.15) is 18.9 Å². The van der Waals surface area contributed by atoms with Crippen molar-refractivity contribution >= 4 is 17.2 Å². The molecule has 2 N–H and O–H groups in total. The normalized spacial score (nSPS) is 14.7. The van der Waals surface area contributed by atoms with Crippen molar-refractivity contribution in [2.45, 2.75) is 26.4 Å². The van der Waals surface area contributed by atoms with Crippen LogP contribution in [0, 0.1) is 5.92 Å². The molecule has 1 amide bonds. The molecule has 1 heterocycles. The van der Waals surface area contributed by atoms with E-state index in [0.29, 0.717) is 6.54 Å². The molecule has 15 heavy (non-hydrogen) atoms. The first-order valence-electron chi connectivity index (χ1n) is 4.91. The predicted molar refractivity (Wildman–Crippen MR) is 61.4 cm³/mol. The van der Waals surface area contributed by atoms with Crippen molar-refractivity contribution in [3.8, 4) is 0 Å². The minimum atomic E-state index is -0.144. The van der Waals surface area contributed by atoms with Gasteiger partial charge in [0.05, 0.1) is 12.5 Å². The van der Waals surface area contributed by atoms with E-state index in [2.05, 4.69) is 4.98 Å². The summed E-state index contributed by atoms with van der Waals surface area (Å²) < 4.78 is 0. The van der Waals surface area contributed by atoms with E-state index in [1.54, 1.807) is 29.5 Å². The van der Waals surface area contributed by atoms with Crippen molar-refractivity contribution in [3.63, 3.8) is 0 Å². The number of carbonyl (C=O) groups excluding carboxylic acids is 1. The molecule has 4 nitrogen and oxygen atoms in total. The summed E-state index contributed by atoms with van der Waals surface area (Å²) in [4.78, 5) is 17.6. The Bertz CT molecular complexity index is 310. The highest BCUT2D eigenvalue weighted by Crippen LogP contribution is 2.10. The van der Waals surface area contributed by atoms with E-state index in [0.717, 1.165) is 5.01 Å². The molecule has 2 unspecified atom stereocenters. The maximum absolute atomic E-state index is 11.8. The topological polar surface area (TPSA) is 59.2 Å². The molecular formula is C10H17N3OS. The molecule has 0 aromatic carbocycles. The SMILES string of the molecule is CC(N)C(C)C(=O)N(C)Cc1nccs1. The van der Waals surface area contributed by atoms with Gasteiger partial charge in [-0.05, 0) is 6.92 Å². The molecule has 0 aliphatic carbocycles. The zero-order valence-electron chi connectivity index (χ0n) is 9.30. The van der Waals surface area contributed by atoms with Crippen molar-refractivity contribution in [1.82, 2.24) is 9.88 Å². The van der Waals surface area contributed by atoms with Crippen molar-refractivity contribution in [3.05, 3.63) is 16.6 Å². The lowest BCUT2D eigenvalue weighted by Gasteiger charge is -2.22. The molecule has 0 fully saturated rings. The Morgan fingerprint density at radius 1 is 1.67 bits per heavy atom. The van der Waals surface area contributed by atoms with Crippen LogP contribution in [0.4, 0.5) is 0 Å². The van der Waals surface area contributed by atoms with Gasteiger partial charge < -0.3 is 10.6 Å². The maximum Gasteiger partial charge on any atom is 0.227 e. The Labute approximate surface area is 94.1 Å². The van der Waals surface area contributed by atoms with Crippen LogP contribution in [0.5, 0.6) is 0 Å². The molecule has 0 saturated heterocycles. The number of hydrogen-bond acceptors (Lipinski definition) is 4. The van der Waals surface area contributed by atoms with Crippen LogP contribution in [0.15, 0.2) is 11.6 Å². The lowest BCUT2D eigenvalue weighted by Crippen LogP contribution is -2.39. The van der Waals surface area contributed by atoms with E-state index in [1.807, 2.05) is 19.2 Å². The average Bonchev–Trinajstić information content (AvgIpc) is 2.67. The monoisotopic (exact) mass is 227 g/mol. The van der Waals surface area contributed by atoms with Gasteiger partial charge in [0.15, 0.2) is 0 Å². The second kappa shape index (κ2) is 5.23. The fourth-order valence-electron chi connectivity index (χ4n) is 1.18. The van der Waals surface area contributed by atoms with Crippen LogP contribution in [0.3, 0.4) is 0 Å². The van der Waals surface area contributed by atoms with E-state index in [4.69, 9.17) is 5.73 Å². The van der Waals surface area contributed by atoms with Gasteiger partial charge in [0, 0.05) is 24.7 Å². The fourth-order valence-corrected chi connectivity index (χ4v) is 1.85. The molecule has 0 bridgehead atoms. The number of hydrogen-bond donors (Lipinski definition) is 1. The molecule has 2 atom stereocenters. The Balaban J connectivity index is 2.54. The minimum Gasteiger partial charge on any atom is -0.339 e. The molecule has 1 aromatic rings. The molecular weight excluding hydrogens is 210 g/mol. The van der Waals surface area contributed by atoms with Crippen molar-refractivity contribution < 1.29 is 4.79 Å². The molecule has 0 radical (unpaired) electrons. The third-order valence-electron chi connectivity index (χ3n) is 2.41. The first-order valence-corrected chi connectivity index (χ1v) is 5.79. The first kappa shape index (κ1) is 12.1. The van der Waals surface area contributed by atoms with Crippen LogP contribution in [-0.2, 0) is 11.3 Å². The highest BCUT2D eigenvalue weighted by molar-refractivity contribution is 7.09. The third-order valence-corrected chi connectivity index (χ3v) is 3.17. The van der Waals surface area contributed by atoms with Crippen molar-refractivity contribution in [2.24, 2.45) is 11.7 Å². The van der Waals surface area contributed by atoms with Gasteiger partial charge >= 0.3 is 0 Å². The molecule has 0 saturated carbocycles. The summed E-state index contributed by atoms with van der Waals surface area (Å²) in [6.45, 7) is 4.26. The third kappa shape index (κ3) is 3.28. The van der Waals surface area contributed by atoms with E-state index in [9.17, 15) is 4.79 Å². The number of amides is 1. The largest absolute Gasteiger partial charge is 0.339 e. The van der Waals surface area contributed by atoms with Crippen LogP contribution in [0.2, 0.25) is 0 Å². The van der Waals surface area contributed by atoms with Crippen LogP contribution in [-0.4, -0.2) is 28.9 Å². The van der Waals surface area contributed by atoms with Crippen LogP contribution in [0.25, 0.3) is 0 Å². The molecule has 1 aromatic heterocycles. The number of thiazole rings is 1. The molecule has 0 aliphatic rings. The van der Waals surface area contributed by atoms with E-state index >= 15 is 0 Å². The second-order valence-electron chi connectivity index (χ2n) is 3.77. The van der Waals surface area contributed by atoms with Gasteiger partial charge in [-0.2, -0.15) is 0 Å². The second-order valence-corrected chi connectivity index (χ2v) is 4.75. The highest BCUT2D eigenvalue weighted by Gasteiger charge is 2.21. The van der Waals surface area contributed by atoms with E-state index in [-0.39, 0.29) is 17.9 Å². The quantitative estimate of drug-likeness (QED) is 0.837. The summed E-state index contributed by atoms with van der Waals surface area (Å²) in [6, 6.07) is -0.115. The number of rotatable bonds is 4. The number of aromatic nitrogens is 1. The van der Waals surface area contributed by atoms with Crippen LogP contribution < -0.4 is 5.73 Å². The Morgan fingerprint density at radius 2 is 2.33 bits per heavy atom. The van der Waals surface area contributed by atoms with Gasteiger partial charge in [0.25, 0.3) is 0 Å². The summed E-state index contributed by atoms with van der Waals surface area (Å²) in [6.07, 6.45) is 1.74. The lowest BCUT2D eigenvalue weighted by molar-refractivity contribution is -0.134. The van der Waals surface area contributed by atoms with E-state index in [1.165, 1.54) is 0 Å². The van der Waals surface area contributed by atoms with Gasteiger partial charge in [-0.25, -0.2) is 4.98 Å². The van der Waals surface area contributed by atoms with Gasteiger partial charge in [-0.3, -0.25) is 4.79 Å². The fraction of sp³-hybridized carbons (Fsp3) is 0.600. The number of nitrogens with zero attached hydrogens (tertiary/aromatic N) is 2. The number of nitrogens with two attached hydrogens (primary N) is 1. The van der Waals surface area contributed by atoms with Gasteiger partial charge in [0.2, 0.25) is 5.91 Å². The standard InChI is InChI=1S/C10H17N3OS/c1-7(8(2)11)10(14)13(3)6-9-12-4-5-15-9/h4-5,7-8H,6,11H2,1-3H3.